The Morgan fingerprint density at radius 1 is 1.52 bits per heavy atom. The van der Waals surface area contributed by atoms with Crippen LogP contribution < -0.4 is 16.0 Å². The average molecular weight is 336 g/mol. The molecular formula is C14H20Cl2FN3O. The molecule has 1 fully saturated rings. The summed E-state index contributed by atoms with van der Waals surface area (Å²) in [5.41, 5.74) is 1.73. The predicted molar refractivity (Wildman–Crippen MR) is 86.4 cm³/mol. The second-order valence-corrected chi connectivity index (χ2v) is 5.36. The summed E-state index contributed by atoms with van der Waals surface area (Å²) in [5, 5.41) is 9.21. The molecule has 1 heterocycles. The maximum atomic E-state index is 13.0. The highest BCUT2D eigenvalue weighted by Crippen LogP contribution is 2.21. The number of carbonyl (C=O) groups excluding carboxylic acids is 1. The molecule has 3 N–H and O–H groups in total. The van der Waals surface area contributed by atoms with Crippen molar-refractivity contribution in [1.29, 1.82) is 0 Å². The van der Waals surface area contributed by atoms with E-state index in [9.17, 15) is 9.18 Å². The molecule has 1 aliphatic heterocycles. The van der Waals surface area contributed by atoms with Crippen LogP contribution in [0.25, 0.3) is 0 Å². The highest BCUT2D eigenvalue weighted by Gasteiger charge is 2.23. The lowest BCUT2D eigenvalue weighted by Gasteiger charge is -2.14. The topological polar surface area (TPSA) is 53.2 Å². The summed E-state index contributed by atoms with van der Waals surface area (Å²) in [6, 6.07) is 5.08. The van der Waals surface area contributed by atoms with Crippen LogP contribution in [0.4, 0.5) is 14.9 Å². The first-order valence-corrected chi connectivity index (χ1v) is 7.17. The minimum atomic E-state index is -0.812. The second kappa shape index (κ2) is 8.41. The predicted octanol–water partition coefficient (Wildman–Crippen LogP) is 3.15. The number of halogens is 3. The van der Waals surface area contributed by atoms with Gasteiger partial charge in [-0.05, 0) is 36.6 Å². The molecule has 0 aromatic heterocycles. The smallest absolute Gasteiger partial charge is 0.319 e. The summed E-state index contributed by atoms with van der Waals surface area (Å²) < 4.78 is 13.0. The Morgan fingerprint density at radius 2 is 2.29 bits per heavy atom. The van der Waals surface area contributed by atoms with Crippen LogP contribution in [0.5, 0.6) is 0 Å². The lowest BCUT2D eigenvalue weighted by Crippen LogP contribution is -2.39. The Balaban J connectivity index is 0.00000220. The van der Waals surface area contributed by atoms with Gasteiger partial charge >= 0.3 is 6.03 Å². The van der Waals surface area contributed by atoms with Gasteiger partial charge in [0.05, 0.1) is 0 Å². The highest BCUT2D eigenvalue weighted by atomic mass is 35.5. The first-order valence-electron chi connectivity index (χ1n) is 6.79. The van der Waals surface area contributed by atoms with E-state index < -0.39 is 6.17 Å². The van der Waals surface area contributed by atoms with Gasteiger partial charge < -0.3 is 16.0 Å². The molecule has 2 atom stereocenters. The van der Waals surface area contributed by atoms with Crippen LogP contribution >= 0.6 is 24.0 Å². The fraction of sp³-hybridized carbons (Fsp3) is 0.500. The molecular weight excluding hydrogens is 316 g/mol. The van der Waals surface area contributed by atoms with Crippen molar-refractivity contribution in [3.8, 4) is 0 Å². The van der Waals surface area contributed by atoms with E-state index in [1.807, 2.05) is 13.0 Å². The molecule has 2 amide bonds. The molecule has 118 valence electrons. The molecule has 0 spiro atoms. The van der Waals surface area contributed by atoms with Gasteiger partial charge in [0, 0.05) is 29.8 Å². The Labute approximate surface area is 135 Å². The van der Waals surface area contributed by atoms with Gasteiger partial charge in [-0.2, -0.15) is 0 Å². The van der Waals surface area contributed by atoms with E-state index in [0.29, 0.717) is 24.5 Å². The molecule has 0 saturated carbocycles. The van der Waals surface area contributed by atoms with E-state index in [1.54, 1.807) is 12.1 Å². The van der Waals surface area contributed by atoms with Gasteiger partial charge in [0.2, 0.25) is 0 Å². The maximum Gasteiger partial charge on any atom is 0.319 e. The number of urea groups is 1. The molecule has 0 radical (unpaired) electrons. The van der Waals surface area contributed by atoms with Crippen molar-refractivity contribution in [3.63, 3.8) is 0 Å². The van der Waals surface area contributed by atoms with E-state index in [0.717, 1.165) is 17.7 Å². The molecule has 21 heavy (non-hydrogen) atoms. The number of benzene rings is 1. The Bertz CT molecular complexity index is 487. The van der Waals surface area contributed by atoms with Gasteiger partial charge in [-0.1, -0.05) is 18.5 Å². The number of amides is 2. The summed E-state index contributed by atoms with van der Waals surface area (Å²) >= 11 is 5.92. The normalized spacial score (nSPS) is 20.7. The van der Waals surface area contributed by atoms with E-state index in [2.05, 4.69) is 16.0 Å². The molecule has 2 rings (SSSR count). The molecule has 0 bridgehead atoms. The van der Waals surface area contributed by atoms with Gasteiger partial charge in [-0.15, -0.1) is 12.4 Å². The fourth-order valence-electron chi connectivity index (χ4n) is 2.28. The van der Waals surface area contributed by atoms with Crippen LogP contribution in [-0.4, -0.2) is 31.3 Å². The fourth-order valence-corrected chi connectivity index (χ4v) is 2.48. The molecule has 1 saturated heterocycles. The quantitative estimate of drug-likeness (QED) is 0.791. The number of aryl methyl sites for hydroxylation is 1. The molecule has 0 unspecified atom stereocenters. The molecule has 1 aliphatic rings. The molecule has 0 aliphatic carbocycles. The van der Waals surface area contributed by atoms with Crippen LogP contribution in [0.1, 0.15) is 18.9 Å². The molecule has 1 aromatic carbocycles. The Hall–Kier alpha value is -1.04. The first-order chi connectivity index (χ1) is 9.58. The second-order valence-electron chi connectivity index (χ2n) is 4.93. The maximum absolute atomic E-state index is 13.0. The standard InChI is InChI=1S/C14H19ClFN3O.ClH/c1-2-9-5-10(15)3-4-13(9)19-14(20)18-8-12-6-11(16)7-17-12;/h3-5,11-12,17H,2,6-8H2,1H3,(H2,18,19,20);1H/t11-,12-;/m0./s1. The monoisotopic (exact) mass is 335 g/mol. The van der Waals surface area contributed by atoms with E-state index in [1.165, 1.54) is 0 Å². The van der Waals surface area contributed by atoms with Crippen molar-refractivity contribution in [3.05, 3.63) is 28.8 Å². The van der Waals surface area contributed by atoms with Crippen molar-refractivity contribution >= 4 is 35.7 Å². The first kappa shape index (κ1) is 18.0. The van der Waals surface area contributed by atoms with Crippen LogP contribution in [0, 0.1) is 0 Å². The van der Waals surface area contributed by atoms with Crippen molar-refractivity contribution < 1.29 is 9.18 Å². The minimum absolute atomic E-state index is 0. The van der Waals surface area contributed by atoms with Gasteiger partial charge in [-0.3, -0.25) is 0 Å². The number of rotatable bonds is 4. The third kappa shape index (κ3) is 5.34. The van der Waals surface area contributed by atoms with E-state index >= 15 is 0 Å². The number of hydrogen-bond donors (Lipinski definition) is 3. The number of hydrogen-bond acceptors (Lipinski definition) is 2. The van der Waals surface area contributed by atoms with Gasteiger partial charge in [0.15, 0.2) is 0 Å². The average Bonchev–Trinajstić information content (AvgIpc) is 2.84. The molecule has 7 heteroatoms. The number of nitrogens with one attached hydrogen (secondary N) is 3. The van der Waals surface area contributed by atoms with Crippen molar-refractivity contribution in [2.24, 2.45) is 0 Å². The SMILES string of the molecule is CCc1cc(Cl)ccc1NC(=O)NC[C@@H]1C[C@H](F)CN1.Cl. The highest BCUT2D eigenvalue weighted by molar-refractivity contribution is 6.30. The summed E-state index contributed by atoms with van der Waals surface area (Å²) in [5.74, 6) is 0. The Morgan fingerprint density at radius 3 is 2.90 bits per heavy atom. The minimum Gasteiger partial charge on any atom is -0.336 e. The van der Waals surface area contributed by atoms with Crippen molar-refractivity contribution in [1.82, 2.24) is 10.6 Å². The van der Waals surface area contributed by atoms with Crippen LogP contribution in [0.15, 0.2) is 18.2 Å². The van der Waals surface area contributed by atoms with Gasteiger partial charge in [0.1, 0.15) is 6.17 Å². The van der Waals surface area contributed by atoms with Gasteiger partial charge in [-0.25, -0.2) is 9.18 Å². The number of anilines is 1. The van der Waals surface area contributed by atoms with Crippen LogP contribution in [0.2, 0.25) is 5.02 Å². The van der Waals surface area contributed by atoms with Crippen LogP contribution in [-0.2, 0) is 6.42 Å². The summed E-state index contributed by atoms with van der Waals surface area (Å²) in [4.78, 5) is 11.8. The summed E-state index contributed by atoms with van der Waals surface area (Å²) in [6.07, 6.45) is 0.415. The zero-order valence-corrected chi connectivity index (χ0v) is 13.4. The van der Waals surface area contributed by atoms with Gasteiger partial charge in [0.25, 0.3) is 0 Å². The third-order valence-corrected chi connectivity index (χ3v) is 3.61. The largest absolute Gasteiger partial charge is 0.336 e. The Kier molecular flexibility index (Phi) is 7.22. The number of carbonyl (C=O) groups is 1. The molecule has 1 aromatic rings. The zero-order valence-electron chi connectivity index (χ0n) is 11.8. The van der Waals surface area contributed by atoms with E-state index in [4.69, 9.17) is 11.6 Å². The van der Waals surface area contributed by atoms with Crippen molar-refractivity contribution in [2.45, 2.75) is 32.0 Å². The molecule has 4 nitrogen and oxygen atoms in total. The van der Waals surface area contributed by atoms with Crippen LogP contribution in [0.3, 0.4) is 0 Å². The van der Waals surface area contributed by atoms with E-state index in [-0.39, 0.29) is 24.5 Å². The number of alkyl halides is 1. The lowest BCUT2D eigenvalue weighted by molar-refractivity contribution is 0.251. The summed E-state index contributed by atoms with van der Waals surface area (Å²) in [7, 11) is 0. The third-order valence-electron chi connectivity index (χ3n) is 3.37. The lowest BCUT2D eigenvalue weighted by atomic mass is 10.1. The zero-order chi connectivity index (χ0) is 14.5. The summed E-state index contributed by atoms with van der Waals surface area (Å²) in [6.45, 7) is 2.78. The van der Waals surface area contributed by atoms with Crippen molar-refractivity contribution in [2.75, 3.05) is 18.4 Å².